The number of phosphoric ester groups is 2. The fourth-order valence-electron chi connectivity index (χ4n) is 5.32. The number of Topliss-reactive ketones (excluding diaryl/α,β-unsaturated/α-hetero) is 1. The second kappa shape index (κ2) is 13.9. The minimum absolute atomic E-state index is 0.00138. The average molecular weight is 771 g/mol. The van der Waals surface area contributed by atoms with Gasteiger partial charge in [0.2, 0.25) is 6.29 Å². The number of aliphatic imine (C=N–C) groups is 1. The Kier molecular flexibility index (Phi) is 10.1. The van der Waals surface area contributed by atoms with Crippen molar-refractivity contribution in [1.29, 1.82) is 0 Å². The van der Waals surface area contributed by atoms with E-state index in [0.29, 0.717) is 0 Å². The van der Waals surface area contributed by atoms with Crippen molar-refractivity contribution in [2.45, 2.75) is 61.7 Å². The molecule has 25 heteroatoms. The number of phosphoric acid groups is 2. The van der Waals surface area contributed by atoms with Gasteiger partial charge in [-0.15, -0.1) is 0 Å². The molecule has 10 atom stereocenters. The first-order valence-electron chi connectivity index (χ1n) is 14.5. The van der Waals surface area contributed by atoms with E-state index in [2.05, 4.69) is 23.3 Å². The van der Waals surface area contributed by atoms with Crippen LogP contribution in [0.5, 0.6) is 5.75 Å². The van der Waals surface area contributed by atoms with Crippen LogP contribution in [0.2, 0.25) is 0 Å². The molecule has 2 fully saturated rings. The van der Waals surface area contributed by atoms with Gasteiger partial charge in [0.25, 0.3) is 0 Å². The number of ketones is 1. The molecule has 3 aliphatic heterocycles. The molecular weight excluding hydrogens is 745 g/mol. The highest BCUT2D eigenvalue weighted by Gasteiger charge is 2.48. The van der Waals surface area contributed by atoms with Crippen LogP contribution in [-0.2, 0) is 38.1 Å². The van der Waals surface area contributed by atoms with Gasteiger partial charge >= 0.3 is 27.4 Å². The molecule has 1 aromatic carbocycles. The van der Waals surface area contributed by atoms with Crippen LogP contribution in [0.1, 0.15) is 28.7 Å². The number of hydrogen-bond donors (Lipinski definition) is 6. The minimum Gasteiger partial charge on any atom is -0.462 e. The van der Waals surface area contributed by atoms with Gasteiger partial charge in [0.05, 0.1) is 25.1 Å². The number of carbonyl (C=O) groups is 1. The molecule has 0 bridgehead atoms. The van der Waals surface area contributed by atoms with Crippen molar-refractivity contribution in [2.24, 2.45) is 4.99 Å². The summed E-state index contributed by atoms with van der Waals surface area (Å²) in [7, 11) is -11.0. The summed E-state index contributed by atoms with van der Waals surface area (Å²) >= 11 is 0. The SMILES string of the molecule is O=C1CC=Nc2c1ncn2[C@@H]1OC(COP(=O)(O)OP(=O)(O)OC[C@H]2OC(Oc3ccc4c(C(F)(F)F)cc(=O)oc4c3)[C@H](O)[C@@H]2O)[C@@H](O)[C@H]1O. The molecule has 0 aliphatic carbocycles. The predicted molar refractivity (Wildman–Crippen MR) is 157 cm³/mol. The lowest BCUT2D eigenvalue weighted by atomic mass is 10.1. The monoisotopic (exact) mass is 771 g/mol. The maximum absolute atomic E-state index is 13.3. The van der Waals surface area contributed by atoms with Crippen LogP contribution in [0.4, 0.5) is 19.0 Å². The third-order valence-electron chi connectivity index (χ3n) is 7.74. The Bertz CT molecular complexity index is 2010. The molecule has 6 N–H and O–H groups in total. The lowest BCUT2D eigenvalue weighted by Gasteiger charge is -2.20. The molecule has 51 heavy (non-hydrogen) atoms. The summed E-state index contributed by atoms with van der Waals surface area (Å²) in [6.07, 6.45) is -15.9. The van der Waals surface area contributed by atoms with Gasteiger partial charge in [-0.3, -0.25) is 18.4 Å². The number of aliphatic hydroxyl groups excluding tert-OH is 4. The summed E-state index contributed by atoms with van der Waals surface area (Å²) in [5.74, 6) is -0.599. The maximum atomic E-state index is 13.3. The molecule has 0 amide bonds. The Morgan fingerprint density at radius 2 is 1.57 bits per heavy atom. The summed E-state index contributed by atoms with van der Waals surface area (Å²) in [5.41, 5.74) is -3.10. The smallest absolute Gasteiger partial charge is 0.462 e. The number of imidazole rings is 1. The number of carbonyl (C=O) groups excluding carboxylic acids is 1. The number of aliphatic hydroxyl groups is 4. The first-order valence-corrected chi connectivity index (χ1v) is 17.5. The number of ether oxygens (including phenoxy) is 3. The second-order valence-corrected chi connectivity index (χ2v) is 14.2. The van der Waals surface area contributed by atoms with Gasteiger partial charge in [-0.2, -0.15) is 17.5 Å². The largest absolute Gasteiger partial charge is 0.481 e. The van der Waals surface area contributed by atoms with E-state index in [-0.39, 0.29) is 35.5 Å². The number of halogens is 3. The highest BCUT2D eigenvalue weighted by molar-refractivity contribution is 7.61. The fourth-order valence-corrected chi connectivity index (χ4v) is 7.41. The molecule has 5 heterocycles. The lowest BCUT2D eigenvalue weighted by molar-refractivity contribution is -0.136. The number of rotatable bonds is 11. The van der Waals surface area contributed by atoms with E-state index in [1.165, 1.54) is 6.21 Å². The highest BCUT2D eigenvalue weighted by Crippen LogP contribution is 2.60. The van der Waals surface area contributed by atoms with Gasteiger partial charge in [-0.25, -0.2) is 23.9 Å². The van der Waals surface area contributed by atoms with E-state index in [1.54, 1.807) is 0 Å². The Balaban J connectivity index is 1.02. The molecule has 20 nitrogen and oxygen atoms in total. The van der Waals surface area contributed by atoms with Crippen LogP contribution in [0.25, 0.3) is 11.0 Å². The summed E-state index contributed by atoms with van der Waals surface area (Å²) in [6, 6.07) is 3.11. The summed E-state index contributed by atoms with van der Waals surface area (Å²) in [4.78, 5) is 51.7. The van der Waals surface area contributed by atoms with E-state index < -0.39 is 106 Å². The van der Waals surface area contributed by atoms with Crippen molar-refractivity contribution in [3.63, 3.8) is 0 Å². The number of hydrogen-bond acceptors (Lipinski definition) is 17. The number of fused-ring (bicyclic) bond motifs is 2. The highest BCUT2D eigenvalue weighted by atomic mass is 31.3. The van der Waals surface area contributed by atoms with Crippen molar-refractivity contribution in [3.05, 3.63) is 52.3 Å². The van der Waals surface area contributed by atoms with Gasteiger partial charge in [0.1, 0.15) is 48.0 Å². The minimum atomic E-state index is -5.51. The third-order valence-corrected chi connectivity index (χ3v) is 10.3. The van der Waals surface area contributed by atoms with Crippen molar-refractivity contribution < 1.29 is 89.3 Å². The predicted octanol–water partition coefficient (Wildman–Crippen LogP) is 0.692. The molecule has 4 unspecified atom stereocenters. The normalized spacial score (nSPS) is 30.3. The number of aromatic nitrogens is 2. The number of benzene rings is 1. The van der Waals surface area contributed by atoms with E-state index in [9.17, 15) is 62.1 Å². The van der Waals surface area contributed by atoms with E-state index >= 15 is 0 Å². The Hall–Kier alpha value is -3.41. The van der Waals surface area contributed by atoms with Crippen LogP contribution in [0.15, 0.2) is 44.8 Å². The second-order valence-electron chi connectivity index (χ2n) is 11.2. The molecule has 278 valence electrons. The average Bonchev–Trinajstić information content (AvgIpc) is 3.68. The molecule has 0 spiro atoms. The zero-order chi connectivity index (χ0) is 37.0. The van der Waals surface area contributed by atoms with Crippen molar-refractivity contribution in [1.82, 2.24) is 9.55 Å². The zero-order valence-electron chi connectivity index (χ0n) is 25.2. The van der Waals surface area contributed by atoms with Gasteiger partial charge in [0.15, 0.2) is 23.5 Å². The van der Waals surface area contributed by atoms with E-state index in [0.717, 1.165) is 29.1 Å². The quantitative estimate of drug-likeness (QED) is 0.115. The van der Waals surface area contributed by atoms with E-state index in [1.807, 2.05) is 0 Å². The lowest BCUT2D eigenvalue weighted by Crippen LogP contribution is -2.35. The van der Waals surface area contributed by atoms with Gasteiger partial charge < -0.3 is 48.8 Å². The Morgan fingerprint density at radius 1 is 0.922 bits per heavy atom. The number of nitrogens with zero attached hydrogens (tertiary/aromatic N) is 3. The van der Waals surface area contributed by atoms with Crippen LogP contribution in [-0.4, -0.2) is 108 Å². The van der Waals surface area contributed by atoms with Gasteiger partial charge in [-0.05, 0) is 12.1 Å². The number of alkyl halides is 3. The van der Waals surface area contributed by atoms with Crippen molar-refractivity contribution in [3.8, 4) is 5.75 Å². The molecule has 0 radical (unpaired) electrons. The first-order chi connectivity index (χ1) is 23.8. The van der Waals surface area contributed by atoms with Gasteiger partial charge in [-0.1, -0.05) is 0 Å². The Labute approximate surface area is 281 Å². The van der Waals surface area contributed by atoms with Crippen LogP contribution in [0.3, 0.4) is 0 Å². The standard InChI is InChI=1S/C26H26F3N3O17P2/c27-26(28,29)12-6-17(34)46-14-5-10(1-2-11(12)14)45-25-22(38)20(36)16(48-25)8-44-51(41,42)49-50(39,40)43-7-15-19(35)21(37)24(47-15)32-9-31-18-13(33)3-4-30-23(18)32/h1-2,4-6,9,15-16,19-22,24-25,35-38H,3,7-8H2,(H,39,40)(H,41,42)/t15?,16-,19-,20-,21-,22-,24-,25?/m1/s1. The molecular formula is C26H26F3N3O17P2. The van der Waals surface area contributed by atoms with E-state index in [4.69, 9.17) is 18.6 Å². The molecule has 6 rings (SSSR count). The fraction of sp³-hybridized carbons (Fsp3) is 0.462. The van der Waals surface area contributed by atoms with Crippen molar-refractivity contribution in [2.75, 3.05) is 13.2 Å². The topological polar surface area (TPSA) is 288 Å². The zero-order valence-corrected chi connectivity index (χ0v) is 27.0. The van der Waals surface area contributed by atoms with Crippen LogP contribution in [0, 0.1) is 0 Å². The molecule has 2 saturated heterocycles. The molecule has 0 saturated carbocycles. The summed E-state index contributed by atoms with van der Waals surface area (Å²) in [6.45, 7) is -2.04. The summed E-state index contributed by atoms with van der Waals surface area (Å²) < 4.78 is 101. The third kappa shape index (κ3) is 7.86. The van der Waals surface area contributed by atoms with Crippen LogP contribution < -0.4 is 10.4 Å². The maximum Gasteiger partial charge on any atom is 0.481 e. The molecule has 3 aromatic rings. The Morgan fingerprint density at radius 3 is 2.24 bits per heavy atom. The van der Waals surface area contributed by atoms with Gasteiger partial charge in [0, 0.05) is 30.2 Å². The molecule has 3 aliphatic rings. The van der Waals surface area contributed by atoms with Crippen LogP contribution >= 0.6 is 15.6 Å². The summed E-state index contributed by atoms with van der Waals surface area (Å²) in [5, 5.41) is 41.1. The molecule has 2 aromatic heterocycles. The van der Waals surface area contributed by atoms with Crippen molar-refractivity contribution >= 4 is 44.4 Å². The first kappa shape index (κ1) is 37.4.